The molecule has 1 aromatic heterocycles. The Balaban J connectivity index is 1.90. The van der Waals surface area contributed by atoms with Crippen LogP contribution in [0.2, 0.25) is 5.02 Å². The van der Waals surface area contributed by atoms with E-state index in [2.05, 4.69) is 10.3 Å². The van der Waals surface area contributed by atoms with Gasteiger partial charge in [0.2, 0.25) is 5.91 Å². The molecule has 0 radical (unpaired) electrons. The Bertz CT molecular complexity index is 1110. The first kappa shape index (κ1) is 27.2. The van der Waals surface area contributed by atoms with Crippen LogP contribution < -0.4 is 10.1 Å². The van der Waals surface area contributed by atoms with Crippen molar-refractivity contribution in [2.45, 2.75) is 69.7 Å². The van der Waals surface area contributed by atoms with E-state index in [0.717, 1.165) is 37.7 Å². The molecule has 37 heavy (non-hydrogen) atoms. The number of carboxylic acid groups (broad SMARTS) is 1. The molecule has 0 unspecified atom stereocenters. The predicted molar refractivity (Wildman–Crippen MR) is 142 cm³/mol. The monoisotopic (exact) mass is 529 g/mol. The minimum atomic E-state index is -1.11. The number of hydrogen-bond donors (Lipinski definition) is 2. The second-order valence-corrected chi connectivity index (χ2v) is 10.9. The molecule has 2 fully saturated rings. The van der Waals surface area contributed by atoms with Crippen molar-refractivity contribution in [2.75, 3.05) is 19.5 Å². The summed E-state index contributed by atoms with van der Waals surface area (Å²) in [6.45, 7) is 3.73. The van der Waals surface area contributed by atoms with E-state index < -0.39 is 35.6 Å². The minimum absolute atomic E-state index is 0.113. The van der Waals surface area contributed by atoms with Gasteiger partial charge in [-0.1, -0.05) is 61.2 Å². The van der Waals surface area contributed by atoms with Gasteiger partial charge in [-0.25, -0.2) is 9.78 Å². The van der Waals surface area contributed by atoms with E-state index in [0.29, 0.717) is 16.6 Å². The molecule has 1 aliphatic heterocycles. The number of anilines is 1. The van der Waals surface area contributed by atoms with Crippen LogP contribution in [0.4, 0.5) is 5.82 Å². The Kier molecular flexibility index (Phi) is 8.29. The zero-order valence-corrected chi connectivity index (χ0v) is 22.6. The van der Waals surface area contributed by atoms with Crippen LogP contribution in [0.1, 0.15) is 57.6 Å². The van der Waals surface area contributed by atoms with E-state index in [1.807, 2.05) is 44.2 Å². The third kappa shape index (κ3) is 5.41. The number of halogens is 1. The highest BCUT2D eigenvalue weighted by molar-refractivity contribution is 6.30. The second kappa shape index (κ2) is 11.3. The number of carbonyl (C=O) groups is 2. The highest BCUT2D eigenvalue weighted by Crippen LogP contribution is 2.49. The lowest BCUT2D eigenvalue weighted by Crippen LogP contribution is -2.52. The molecule has 1 aliphatic carbocycles. The van der Waals surface area contributed by atoms with E-state index in [1.54, 1.807) is 18.1 Å². The van der Waals surface area contributed by atoms with Crippen LogP contribution in [-0.4, -0.2) is 58.8 Å². The van der Waals surface area contributed by atoms with E-state index in [1.165, 1.54) is 13.3 Å². The number of ether oxygens (including phenoxy) is 2. The predicted octanol–water partition coefficient (Wildman–Crippen LogP) is 5.18. The van der Waals surface area contributed by atoms with E-state index in [-0.39, 0.29) is 11.8 Å². The number of hydrogen-bond acceptors (Lipinski definition) is 6. The topological polar surface area (TPSA) is 101 Å². The van der Waals surface area contributed by atoms with Crippen LogP contribution in [0.5, 0.6) is 5.75 Å². The van der Waals surface area contributed by atoms with Gasteiger partial charge < -0.3 is 24.8 Å². The zero-order valence-electron chi connectivity index (χ0n) is 21.8. The van der Waals surface area contributed by atoms with Crippen molar-refractivity contribution in [1.82, 2.24) is 9.88 Å². The van der Waals surface area contributed by atoms with Crippen molar-refractivity contribution in [3.8, 4) is 5.75 Å². The summed E-state index contributed by atoms with van der Waals surface area (Å²) in [5, 5.41) is 14.5. The van der Waals surface area contributed by atoms with Crippen LogP contribution in [-0.2, 0) is 14.3 Å². The van der Waals surface area contributed by atoms with Crippen LogP contribution in [0.15, 0.2) is 42.6 Å². The molecule has 8 nitrogen and oxygen atoms in total. The number of methoxy groups -OCH3 is 2. The minimum Gasteiger partial charge on any atom is -0.493 e. The van der Waals surface area contributed by atoms with Gasteiger partial charge in [-0.2, -0.15) is 0 Å². The molecule has 2 heterocycles. The average Bonchev–Trinajstić information content (AvgIpc) is 3.26. The number of aliphatic carboxylic acids is 1. The van der Waals surface area contributed by atoms with Gasteiger partial charge in [0.05, 0.1) is 29.8 Å². The molecule has 0 spiro atoms. The lowest BCUT2D eigenvalue weighted by Gasteiger charge is -2.37. The van der Waals surface area contributed by atoms with E-state index in [4.69, 9.17) is 21.1 Å². The second-order valence-electron chi connectivity index (χ2n) is 10.4. The zero-order chi connectivity index (χ0) is 26.7. The number of carbonyl (C=O) groups excluding carboxylic acids is 1. The fraction of sp³-hybridized carbons (Fsp3) is 0.536. The quantitative estimate of drug-likeness (QED) is 0.485. The van der Waals surface area contributed by atoms with Crippen LogP contribution in [0.3, 0.4) is 0 Å². The number of nitrogens with one attached hydrogen (secondary N) is 1. The summed E-state index contributed by atoms with van der Waals surface area (Å²) in [5.41, 5.74) is -0.0487. The van der Waals surface area contributed by atoms with Gasteiger partial charge in [-0.3, -0.25) is 4.79 Å². The van der Waals surface area contributed by atoms with Crippen LogP contribution in [0.25, 0.3) is 0 Å². The third-order valence-corrected chi connectivity index (χ3v) is 8.15. The summed E-state index contributed by atoms with van der Waals surface area (Å²) in [7, 11) is 3.09. The Morgan fingerprint density at radius 1 is 1.14 bits per heavy atom. The van der Waals surface area contributed by atoms with Gasteiger partial charge in [-0.05, 0) is 32.3 Å². The van der Waals surface area contributed by atoms with Gasteiger partial charge in [0, 0.05) is 31.2 Å². The number of carboxylic acids is 1. The van der Waals surface area contributed by atoms with Crippen molar-refractivity contribution >= 4 is 29.3 Å². The summed E-state index contributed by atoms with van der Waals surface area (Å²) >= 11 is 6.16. The maximum absolute atomic E-state index is 14.2. The maximum atomic E-state index is 14.2. The molecular weight excluding hydrogens is 494 g/mol. The fourth-order valence-electron chi connectivity index (χ4n) is 6.00. The molecule has 9 heteroatoms. The number of nitrogens with zero attached hydrogens (tertiary/aromatic N) is 2. The van der Waals surface area contributed by atoms with E-state index >= 15 is 0 Å². The van der Waals surface area contributed by atoms with Gasteiger partial charge >= 0.3 is 5.97 Å². The molecule has 1 aromatic carbocycles. The summed E-state index contributed by atoms with van der Waals surface area (Å²) in [6, 6.07) is 9.02. The Morgan fingerprint density at radius 2 is 1.81 bits per heavy atom. The van der Waals surface area contributed by atoms with Crippen molar-refractivity contribution in [3.63, 3.8) is 0 Å². The van der Waals surface area contributed by atoms with Crippen molar-refractivity contribution < 1.29 is 24.2 Å². The van der Waals surface area contributed by atoms with Crippen molar-refractivity contribution in [3.05, 3.63) is 53.2 Å². The summed E-state index contributed by atoms with van der Waals surface area (Å²) in [6.07, 6.45) is 6.09. The number of amides is 1. The smallest absolute Gasteiger partial charge is 0.326 e. The highest BCUT2D eigenvalue weighted by Gasteiger charge is 2.60. The van der Waals surface area contributed by atoms with Crippen molar-refractivity contribution in [1.29, 1.82) is 0 Å². The Labute approximate surface area is 223 Å². The number of pyridine rings is 1. The van der Waals surface area contributed by atoms with Gasteiger partial charge in [0.15, 0.2) is 11.6 Å². The van der Waals surface area contributed by atoms with Crippen molar-refractivity contribution in [2.24, 2.45) is 11.8 Å². The first-order valence-corrected chi connectivity index (χ1v) is 13.2. The Morgan fingerprint density at radius 3 is 2.41 bits per heavy atom. The van der Waals surface area contributed by atoms with Crippen LogP contribution >= 0.6 is 11.6 Å². The maximum Gasteiger partial charge on any atom is 0.326 e. The van der Waals surface area contributed by atoms with Gasteiger partial charge in [0.25, 0.3) is 0 Å². The van der Waals surface area contributed by atoms with Crippen LogP contribution in [0, 0.1) is 11.8 Å². The molecule has 4 atom stereocenters. The summed E-state index contributed by atoms with van der Waals surface area (Å²) in [5.74, 6) is -1.13. The van der Waals surface area contributed by atoms with Gasteiger partial charge in [-0.15, -0.1) is 0 Å². The number of benzene rings is 1. The molecule has 1 saturated carbocycles. The molecule has 0 bridgehead atoms. The fourth-order valence-corrected chi connectivity index (χ4v) is 6.14. The lowest BCUT2D eigenvalue weighted by molar-refractivity contribution is -0.156. The standard InChI is InChI=1S/C28H36ClN3O5/c1-28(2,37-4)21-22(31-25-20(36-3)15-19(29)16-30-25)23(17-11-7-5-8-12-17)32(24(21)27(34)35)26(33)18-13-9-6-10-14-18/h5,7-8,11-12,15-16,18,21-24H,6,9-10,13-14H2,1-4H3,(H,30,31)(H,34,35)/t21-,22-,23-,24-/m1/s1. The first-order chi connectivity index (χ1) is 17.7. The molecule has 200 valence electrons. The normalized spacial score (nSPS) is 24.6. The number of rotatable bonds is 8. The average molecular weight is 530 g/mol. The molecule has 2 aliphatic rings. The number of likely N-dealkylation sites (tertiary alicyclic amines) is 1. The molecule has 1 saturated heterocycles. The summed E-state index contributed by atoms with van der Waals surface area (Å²) in [4.78, 5) is 33.2. The molecular formula is C28H36ClN3O5. The molecule has 4 rings (SSSR count). The number of aromatic nitrogens is 1. The molecule has 2 N–H and O–H groups in total. The third-order valence-electron chi connectivity index (χ3n) is 7.94. The lowest BCUT2D eigenvalue weighted by atomic mass is 9.79. The summed E-state index contributed by atoms with van der Waals surface area (Å²) < 4.78 is 11.4. The highest BCUT2D eigenvalue weighted by atomic mass is 35.5. The largest absolute Gasteiger partial charge is 0.493 e. The Hall–Kier alpha value is -2.84. The first-order valence-electron chi connectivity index (χ1n) is 12.8. The van der Waals surface area contributed by atoms with Gasteiger partial charge in [0.1, 0.15) is 6.04 Å². The van der Waals surface area contributed by atoms with E-state index in [9.17, 15) is 14.7 Å². The SMILES string of the molecule is COc1cc(Cl)cnc1N[C@@H]1[C@@H](C(C)(C)OC)[C@H](C(=O)O)N(C(=O)C2CCCCC2)[C@@H]1c1ccccc1. The molecule has 1 amide bonds. The molecule has 2 aromatic rings.